The third-order valence-electron chi connectivity index (χ3n) is 4.87. The summed E-state index contributed by atoms with van der Waals surface area (Å²) in [5.74, 6) is 0.521. The van der Waals surface area contributed by atoms with E-state index >= 15 is 0 Å². The Hall–Kier alpha value is -1.60. The second-order valence-corrected chi connectivity index (χ2v) is 6.45. The zero-order chi connectivity index (χ0) is 15.0. The maximum atomic E-state index is 3.74. The van der Waals surface area contributed by atoms with Gasteiger partial charge in [0.25, 0.3) is 0 Å². The summed E-state index contributed by atoms with van der Waals surface area (Å²) in [6.07, 6.45) is 7.97. The van der Waals surface area contributed by atoms with Gasteiger partial charge in [0.2, 0.25) is 0 Å². The smallest absolute Gasteiger partial charge is 0.00899 e. The van der Waals surface area contributed by atoms with Crippen molar-refractivity contribution in [3.05, 3.63) is 71.8 Å². The van der Waals surface area contributed by atoms with Gasteiger partial charge in [0.1, 0.15) is 0 Å². The van der Waals surface area contributed by atoms with E-state index in [0.717, 1.165) is 0 Å². The standard InChI is InChI=1S/C21H27N/c1-4-10-18(11-5-1)21(19-12-6-2-7-13-19)16-15-20-14-8-3-9-17-22-20/h1-2,4-7,10-13,20-22H,3,8-9,14-17H2. The Labute approximate surface area is 134 Å². The molecule has 1 atom stereocenters. The van der Waals surface area contributed by atoms with E-state index in [1.807, 2.05) is 0 Å². The minimum Gasteiger partial charge on any atom is -0.314 e. The van der Waals surface area contributed by atoms with Crippen LogP contribution in [-0.4, -0.2) is 12.6 Å². The molecule has 1 fully saturated rings. The molecule has 0 amide bonds. The molecular weight excluding hydrogens is 266 g/mol. The first-order valence-electron chi connectivity index (χ1n) is 8.77. The number of rotatable bonds is 5. The highest BCUT2D eigenvalue weighted by atomic mass is 14.9. The molecule has 0 saturated carbocycles. The van der Waals surface area contributed by atoms with E-state index < -0.39 is 0 Å². The Balaban J connectivity index is 1.71. The predicted octanol–water partition coefficient (Wildman–Crippen LogP) is 5.13. The first-order valence-corrected chi connectivity index (χ1v) is 8.77. The highest BCUT2D eigenvalue weighted by molar-refractivity contribution is 5.32. The lowest BCUT2D eigenvalue weighted by molar-refractivity contribution is 0.453. The Morgan fingerprint density at radius 1 is 0.818 bits per heavy atom. The van der Waals surface area contributed by atoms with Crippen molar-refractivity contribution in [1.82, 2.24) is 5.32 Å². The van der Waals surface area contributed by atoms with Crippen LogP contribution in [0, 0.1) is 0 Å². The van der Waals surface area contributed by atoms with Crippen LogP contribution in [0.3, 0.4) is 0 Å². The van der Waals surface area contributed by atoms with E-state index in [-0.39, 0.29) is 0 Å². The number of hydrogen-bond acceptors (Lipinski definition) is 1. The fraction of sp³-hybridized carbons (Fsp3) is 0.429. The fourth-order valence-electron chi connectivity index (χ4n) is 3.61. The molecule has 0 aromatic heterocycles. The molecule has 1 heteroatoms. The molecule has 22 heavy (non-hydrogen) atoms. The summed E-state index contributed by atoms with van der Waals surface area (Å²) >= 11 is 0. The molecule has 1 nitrogen and oxygen atoms in total. The molecule has 0 radical (unpaired) electrons. The second-order valence-electron chi connectivity index (χ2n) is 6.45. The van der Waals surface area contributed by atoms with Crippen molar-refractivity contribution in [3.63, 3.8) is 0 Å². The van der Waals surface area contributed by atoms with Crippen LogP contribution in [0.5, 0.6) is 0 Å². The van der Waals surface area contributed by atoms with E-state index in [1.54, 1.807) is 0 Å². The lowest BCUT2D eigenvalue weighted by Gasteiger charge is -2.22. The van der Waals surface area contributed by atoms with Crippen LogP contribution >= 0.6 is 0 Å². The van der Waals surface area contributed by atoms with Crippen molar-refractivity contribution in [2.75, 3.05) is 6.54 Å². The highest BCUT2D eigenvalue weighted by Crippen LogP contribution is 2.30. The van der Waals surface area contributed by atoms with Crippen LogP contribution in [0.2, 0.25) is 0 Å². The molecule has 1 N–H and O–H groups in total. The van der Waals surface area contributed by atoms with Gasteiger partial charge < -0.3 is 5.32 Å². The van der Waals surface area contributed by atoms with E-state index in [9.17, 15) is 0 Å². The summed E-state index contributed by atoms with van der Waals surface area (Å²) in [6, 6.07) is 22.7. The van der Waals surface area contributed by atoms with Crippen LogP contribution < -0.4 is 5.32 Å². The average molecular weight is 293 g/mol. The van der Waals surface area contributed by atoms with Crippen molar-refractivity contribution < 1.29 is 0 Å². The van der Waals surface area contributed by atoms with Crippen molar-refractivity contribution in [1.29, 1.82) is 0 Å². The molecule has 0 aliphatic carbocycles. The zero-order valence-electron chi connectivity index (χ0n) is 13.4. The molecule has 2 aromatic rings. The summed E-state index contributed by atoms with van der Waals surface area (Å²) < 4.78 is 0. The van der Waals surface area contributed by atoms with Gasteiger partial charge in [-0.2, -0.15) is 0 Å². The van der Waals surface area contributed by atoms with Gasteiger partial charge >= 0.3 is 0 Å². The average Bonchev–Trinajstić information content (AvgIpc) is 2.86. The summed E-state index contributed by atoms with van der Waals surface area (Å²) in [6.45, 7) is 1.20. The predicted molar refractivity (Wildman–Crippen MR) is 94.2 cm³/mol. The lowest BCUT2D eigenvalue weighted by atomic mass is 9.86. The monoisotopic (exact) mass is 293 g/mol. The number of nitrogens with one attached hydrogen (secondary N) is 1. The third-order valence-corrected chi connectivity index (χ3v) is 4.87. The van der Waals surface area contributed by atoms with Gasteiger partial charge in [-0.05, 0) is 43.4 Å². The topological polar surface area (TPSA) is 12.0 Å². The quantitative estimate of drug-likeness (QED) is 0.805. The van der Waals surface area contributed by atoms with E-state index in [0.29, 0.717) is 12.0 Å². The van der Waals surface area contributed by atoms with Gasteiger partial charge in [0.05, 0.1) is 0 Å². The van der Waals surface area contributed by atoms with Gasteiger partial charge in [-0.15, -0.1) is 0 Å². The van der Waals surface area contributed by atoms with Gasteiger partial charge in [0, 0.05) is 12.0 Å². The van der Waals surface area contributed by atoms with Crippen molar-refractivity contribution in [2.24, 2.45) is 0 Å². The third kappa shape index (κ3) is 4.20. The van der Waals surface area contributed by atoms with Gasteiger partial charge in [-0.1, -0.05) is 73.5 Å². The zero-order valence-corrected chi connectivity index (χ0v) is 13.4. The van der Waals surface area contributed by atoms with Crippen LogP contribution in [0.4, 0.5) is 0 Å². The summed E-state index contributed by atoms with van der Waals surface area (Å²) in [7, 11) is 0. The van der Waals surface area contributed by atoms with Gasteiger partial charge in [0.15, 0.2) is 0 Å². The molecule has 3 rings (SSSR count). The van der Waals surface area contributed by atoms with Crippen molar-refractivity contribution in [2.45, 2.75) is 50.5 Å². The lowest BCUT2D eigenvalue weighted by Crippen LogP contribution is -2.28. The Kier molecular flexibility index (Phi) is 5.66. The SMILES string of the molecule is c1ccc(C(CCC2CCCCCN2)c2ccccc2)cc1. The molecule has 1 saturated heterocycles. The molecule has 1 unspecified atom stereocenters. The number of benzene rings is 2. The van der Waals surface area contributed by atoms with Crippen molar-refractivity contribution >= 4 is 0 Å². The Morgan fingerprint density at radius 2 is 1.45 bits per heavy atom. The number of hydrogen-bond donors (Lipinski definition) is 1. The van der Waals surface area contributed by atoms with Crippen LogP contribution in [0.25, 0.3) is 0 Å². The fourth-order valence-corrected chi connectivity index (χ4v) is 3.61. The molecule has 0 bridgehead atoms. The first-order chi connectivity index (χ1) is 10.9. The normalized spacial score (nSPS) is 19.0. The molecule has 2 aromatic carbocycles. The molecular formula is C21H27N. The maximum Gasteiger partial charge on any atom is 0.00899 e. The van der Waals surface area contributed by atoms with Gasteiger partial charge in [-0.3, -0.25) is 0 Å². The molecule has 1 aliphatic rings. The van der Waals surface area contributed by atoms with Crippen molar-refractivity contribution in [3.8, 4) is 0 Å². The van der Waals surface area contributed by atoms with Gasteiger partial charge in [-0.25, -0.2) is 0 Å². The largest absolute Gasteiger partial charge is 0.314 e. The maximum absolute atomic E-state index is 3.74. The Morgan fingerprint density at radius 3 is 2.09 bits per heavy atom. The van der Waals surface area contributed by atoms with E-state index in [1.165, 1.54) is 56.2 Å². The van der Waals surface area contributed by atoms with E-state index in [4.69, 9.17) is 0 Å². The minimum absolute atomic E-state index is 0.521. The molecule has 116 valence electrons. The van der Waals surface area contributed by atoms with Crippen LogP contribution in [0.1, 0.15) is 55.6 Å². The molecule has 1 aliphatic heterocycles. The highest BCUT2D eigenvalue weighted by Gasteiger charge is 2.17. The first kappa shape index (κ1) is 15.3. The van der Waals surface area contributed by atoms with Crippen LogP contribution in [-0.2, 0) is 0 Å². The summed E-state index contributed by atoms with van der Waals surface area (Å²) in [4.78, 5) is 0. The Bertz CT molecular complexity index is 487. The van der Waals surface area contributed by atoms with Crippen LogP contribution in [0.15, 0.2) is 60.7 Å². The second kappa shape index (κ2) is 8.14. The molecule has 1 heterocycles. The molecule has 0 spiro atoms. The summed E-state index contributed by atoms with van der Waals surface area (Å²) in [5, 5.41) is 3.74. The summed E-state index contributed by atoms with van der Waals surface area (Å²) in [5.41, 5.74) is 2.89. The minimum atomic E-state index is 0.521. The van der Waals surface area contributed by atoms with E-state index in [2.05, 4.69) is 66.0 Å².